The summed E-state index contributed by atoms with van der Waals surface area (Å²) in [7, 11) is 0. The van der Waals surface area contributed by atoms with Crippen LogP contribution in [-0.4, -0.2) is 47.3 Å². The fourth-order valence-electron chi connectivity index (χ4n) is 4.19. The molecular weight excluding hydrogens is 477 g/mol. The summed E-state index contributed by atoms with van der Waals surface area (Å²) in [5.41, 5.74) is 6.78. The molecule has 3 atom stereocenters. The summed E-state index contributed by atoms with van der Waals surface area (Å²) >= 11 is 7.71. The number of hydrogen-bond donors (Lipinski definition) is 1. The molecule has 1 saturated carbocycles. The molecule has 2 aromatic rings. The van der Waals surface area contributed by atoms with Gasteiger partial charge in [0.25, 0.3) is 5.91 Å². The molecule has 2 amide bonds. The lowest BCUT2D eigenvalue weighted by Crippen LogP contribution is -2.56. The summed E-state index contributed by atoms with van der Waals surface area (Å²) in [5.74, 6) is -1.16. The highest BCUT2D eigenvalue weighted by Gasteiger charge is 2.42. The predicted molar refractivity (Wildman–Crippen MR) is 133 cm³/mol. The maximum Gasteiger partial charge on any atom is 0.253 e. The van der Waals surface area contributed by atoms with Gasteiger partial charge in [0.1, 0.15) is 11.9 Å². The third-order valence-electron chi connectivity index (χ3n) is 6.13. The number of nitrogens with two attached hydrogens (primary N) is 1. The molecule has 3 unspecified atom stereocenters. The average molecular weight is 506 g/mol. The van der Waals surface area contributed by atoms with E-state index in [9.17, 15) is 14.0 Å². The van der Waals surface area contributed by atoms with Crippen molar-refractivity contribution in [2.24, 2.45) is 5.73 Å². The molecule has 1 saturated heterocycles. The molecule has 9 heteroatoms. The highest BCUT2D eigenvalue weighted by atomic mass is 35.5. The predicted octanol–water partition coefficient (Wildman–Crippen LogP) is 4.72. The first kappa shape index (κ1) is 24.8. The molecule has 1 aliphatic heterocycles. The Kier molecular flexibility index (Phi) is 8.01. The van der Waals surface area contributed by atoms with E-state index in [2.05, 4.69) is 0 Å². The van der Waals surface area contributed by atoms with Crippen LogP contribution in [0.2, 0.25) is 5.02 Å². The summed E-state index contributed by atoms with van der Waals surface area (Å²) in [6, 6.07) is 13.4. The summed E-state index contributed by atoms with van der Waals surface area (Å²) in [5, 5.41) is 1.05. The van der Waals surface area contributed by atoms with Crippen LogP contribution in [0.3, 0.4) is 0 Å². The highest BCUT2D eigenvalue weighted by molar-refractivity contribution is 8.01. The summed E-state index contributed by atoms with van der Waals surface area (Å²) in [4.78, 5) is 27.0. The second kappa shape index (κ2) is 11.0. The van der Waals surface area contributed by atoms with Crippen LogP contribution >= 0.6 is 23.5 Å². The van der Waals surface area contributed by atoms with Crippen molar-refractivity contribution in [3.63, 3.8) is 0 Å². The zero-order valence-corrected chi connectivity index (χ0v) is 20.6. The lowest BCUT2D eigenvalue weighted by atomic mass is 9.98. The van der Waals surface area contributed by atoms with Gasteiger partial charge in [0.2, 0.25) is 5.91 Å². The standard InChI is InChI=1S/C25H29ClFN3O3S/c1-2-18(14-29(34-19-11-12-19)21-6-4-3-5-20(21)27)30-22(16-7-9-17(26)10-8-16)15-33-23(25(30)32)13-24(28)31/h3-10,18-19,22-23H,2,11-15H2,1H3,(H2,28,31). The third-order valence-corrected chi connectivity index (χ3v) is 7.75. The van der Waals surface area contributed by atoms with Gasteiger partial charge < -0.3 is 19.7 Å². The van der Waals surface area contributed by atoms with E-state index in [0.29, 0.717) is 28.9 Å². The fraction of sp³-hybridized carbons (Fsp3) is 0.440. The van der Waals surface area contributed by atoms with Crippen molar-refractivity contribution in [1.82, 2.24) is 4.90 Å². The average Bonchev–Trinajstić information content (AvgIpc) is 3.63. The van der Waals surface area contributed by atoms with Crippen LogP contribution in [0.4, 0.5) is 10.1 Å². The number of anilines is 1. The molecule has 1 heterocycles. The monoisotopic (exact) mass is 505 g/mol. The van der Waals surface area contributed by atoms with Gasteiger partial charge in [-0.25, -0.2) is 4.39 Å². The number of halogens is 2. The number of rotatable bonds is 10. The number of ether oxygens (including phenoxy) is 1. The van der Waals surface area contributed by atoms with E-state index < -0.39 is 12.0 Å². The Morgan fingerprint density at radius 2 is 1.97 bits per heavy atom. The molecule has 2 aliphatic rings. The van der Waals surface area contributed by atoms with Gasteiger partial charge in [0.15, 0.2) is 0 Å². The molecular formula is C25H29ClFN3O3S. The Labute approximate surface area is 208 Å². The molecule has 182 valence electrons. The largest absolute Gasteiger partial charge is 0.370 e. The molecule has 0 bridgehead atoms. The number of hydrogen-bond acceptors (Lipinski definition) is 5. The van der Waals surface area contributed by atoms with E-state index in [1.54, 1.807) is 36.2 Å². The van der Waals surface area contributed by atoms with E-state index in [4.69, 9.17) is 22.1 Å². The van der Waals surface area contributed by atoms with Crippen molar-refractivity contribution in [3.05, 3.63) is 64.9 Å². The summed E-state index contributed by atoms with van der Waals surface area (Å²) in [6.07, 6.45) is 1.74. The zero-order chi connectivity index (χ0) is 24.2. The first-order valence-electron chi connectivity index (χ1n) is 11.5. The molecule has 1 aliphatic carbocycles. The molecule has 2 aromatic carbocycles. The first-order chi connectivity index (χ1) is 16.4. The van der Waals surface area contributed by atoms with Crippen molar-refractivity contribution >= 4 is 41.1 Å². The molecule has 0 radical (unpaired) electrons. The highest BCUT2D eigenvalue weighted by Crippen LogP contribution is 2.41. The minimum atomic E-state index is -0.923. The lowest BCUT2D eigenvalue weighted by molar-refractivity contribution is -0.166. The van der Waals surface area contributed by atoms with Gasteiger partial charge in [-0.15, -0.1) is 0 Å². The van der Waals surface area contributed by atoms with Crippen LogP contribution in [-0.2, 0) is 14.3 Å². The minimum absolute atomic E-state index is 0.174. The lowest BCUT2D eigenvalue weighted by Gasteiger charge is -2.45. The van der Waals surface area contributed by atoms with Crippen molar-refractivity contribution in [3.8, 4) is 0 Å². The van der Waals surface area contributed by atoms with E-state index in [1.165, 1.54) is 6.07 Å². The van der Waals surface area contributed by atoms with Crippen LogP contribution in [0.15, 0.2) is 48.5 Å². The van der Waals surface area contributed by atoms with E-state index in [0.717, 1.165) is 18.4 Å². The minimum Gasteiger partial charge on any atom is -0.370 e. The van der Waals surface area contributed by atoms with Gasteiger partial charge >= 0.3 is 0 Å². The van der Waals surface area contributed by atoms with Crippen molar-refractivity contribution < 1.29 is 18.7 Å². The number of benzene rings is 2. The van der Waals surface area contributed by atoms with Gasteiger partial charge in [0, 0.05) is 10.3 Å². The zero-order valence-electron chi connectivity index (χ0n) is 19.0. The number of carbonyl (C=O) groups is 2. The van der Waals surface area contributed by atoms with Crippen molar-refractivity contribution in [2.45, 2.75) is 56.0 Å². The summed E-state index contributed by atoms with van der Waals surface area (Å²) < 4.78 is 22.5. The van der Waals surface area contributed by atoms with Crippen molar-refractivity contribution in [1.29, 1.82) is 0 Å². The second-order valence-corrected chi connectivity index (χ2v) is 10.4. The Morgan fingerprint density at radius 1 is 1.26 bits per heavy atom. The number of nitrogens with zero attached hydrogens (tertiary/aromatic N) is 2. The maximum atomic E-state index is 14.7. The number of amides is 2. The van der Waals surface area contributed by atoms with Crippen LogP contribution in [0.5, 0.6) is 0 Å². The van der Waals surface area contributed by atoms with Crippen LogP contribution in [0.25, 0.3) is 0 Å². The molecule has 34 heavy (non-hydrogen) atoms. The quantitative estimate of drug-likeness (QED) is 0.473. The Hall–Kier alpha value is -2.29. The smallest absolute Gasteiger partial charge is 0.253 e. The molecule has 2 N–H and O–H groups in total. The van der Waals surface area contributed by atoms with Crippen molar-refractivity contribution in [2.75, 3.05) is 17.5 Å². The Bertz CT molecular complexity index is 1020. The van der Waals surface area contributed by atoms with Gasteiger partial charge in [0.05, 0.1) is 37.3 Å². The van der Waals surface area contributed by atoms with Crippen LogP contribution in [0.1, 0.15) is 44.2 Å². The maximum absolute atomic E-state index is 14.7. The topological polar surface area (TPSA) is 75.9 Å². The van der Waals surface area contributed by atoms with E-state index in [-0.39, 0.29) is 36.8 Å². The van der Waals surface area contributed by atoms with E-state index >= 15 is 0 Å². The van der Waals surface area contributed by atoms with Crippen LogP contribution < -0.4 is 10.0 Å². The molecule has 0 aromatic heterocycles. The normalized spacial score (nSPS) is 21.4. The van der Waals surface area contributed by atoms with Gasteiger partial charge in [-0.3, -0.25) is 9.59 Å². The first-order valence-corrected chi connectivity index (χ1v) is 12.7. The Balaban J connectivity index is 1.66. The number of morpholine rings is 1. The molecule has 4 rings (SSSR count). The van der Waals surface area contributed by atoms with Gasteiger partial charge in [-0.05, 0) is 61.0 Å². The van der Waals surface area contributed by atoms with Crippen LogP contribution in [0, 0.1) is 5.82 Å². The second-order valence-electron chi connectivity index (χ2n) is 8.68. The van der Waals surface area contributed by atoms with E-state index in [1.807, 2.05) is 34.3 Å². The molecule has 0 spiro atoms. The third kappa shape index (κ3) is 5.85. The fourth-order valence-corrected chi connectivity index (χ4v) is 5.55. The molecule has 2 fully saturated rings. The Morgan fingerprint density at radius 3 is 2.59 bits per heavy atom. The number of carbonyl (C=O) groups excluding carboxylic acids is 2. The van der Waals surface area contributed by atoms with Gasteiger partial charge in [-0.1, -0.05) is 42.8 Å². The van der Waals surface area contributed by atoms with Gasteiger partial charge in [-0.2, -0.15) is 0 Å². The number of primary amides is 1. The summed E-state index contributed by atoms with van der Waals surface area (Å²) in [6.45, 7) is 2.69. The number of para-hydroxylation sites is 1. The molecule has 6 nitrogen and oxygen atoms in total. The SMILES string of the molecule is CCC(CN(SC1CC1)c1ccccc1F)N1C(=O)C(CC(N)=O)OCC1c1ccc(Cl)cc1.